The van der Waals surface area contributed by atoms with Gasteiger partial charge in [-0.15, -0.1) is 0 Å². The molecule has 0 bridgehead atoms. The Hall–Kier alpha value is -1.83. The first-order valence-corrected chi connectivity index (χ1v) is 5.79. The molecule has 0 atom stereocenters. The highest BCUT2D eigenvalue weighted by molar-refractivity contribution is 6.00. The summed E-state index contributed by atoms with van der Waals surface area (Å²) in [5.41, 5.74) is 0.616. The monoisotopic (exact) mass is 230 g/mol. The van der Waals surface area contributed by atoms with Crippen molar-refractivity contribution in [1.82, 2.24) is 0 Å². The summed E-state index contributed by atoms with van der Waals surface area (Å²) in [6.45, 7) is 4.25. The number of rotatable bonds is 2. The SMILES string of the molecule is CCC.COc1ccc2ccccc2c1C=O. The predicted octanol–water partition coefficient (Wildman–Crippen LogP) is 4.08. The maximum atomic E-state index is 10.9. The van der Waals surface area contributed by atoms with Crippen molar-refractivity contribution in [1.29, 1.82) is 0 Å². The van der Waals surface area contributed by atoms with E-state index in [1.165, 1.54) is 6.42 Å². The summed E-state index contributed by atoms with van der Waals surface area (Å²) in [5, 5.41) is 1.98. The van der Waals surface area contributed by atoms with Crippen LogP contribution in [0.1, 0.15) is 30.6 Å². The highest BCUT2D eigenvalue weighted by atomic mass is 16.5. The lowest BCUT2D eigenvalue weighted by molar-refractivity contribution is 0.112. The van der Waals surface area contributed by atoms with Gasteiger partial charge >= 0.3 is 0 Å². The summed E-state index contributed by atoms with van der Waals surface area (Å²) in [6, 6.07) is 11.5. The lowest BCUT2D eigenvalue weighted by Gasteiger charge is -2.06. The third-order valence-corrected chi connectivity index (χ3v) is 2.27. The van der Waals surface area contributed by atoms with E-state index >= 15 is 0 Å². The molecule has 0 unspecified atom stereocenters. The summed E-state index contributed by atoms with van der Waals surface area (Å²) >= 11 is 0. The second kappa shape index (κ2) is 6.69. The Morgan fingerprint density at radius 1 is 1.12 bits per heavy atom. The lowest BCUT2D eigenvalue weighted by Crippen LogP contribution is -1.91. The molecular formula is C15H18O2. The van der Waals surface area contributed by atoms with Crippen LogP contribution >= 0.6 is 0 Å². The van der Waals surface area contributed by atoms with E-state index in [9.17, 15) is 4.79 Å². The standard InChI is InChI=1S/C12H10O2.C3H8/c1-14-12-7-6-9-4-2-3-5-10(9)11(12)8-13;1-3-2/h2-8H,1H3;3H2,1-2H3. The summed E-state index contributed by atoms with van der Waals surface area (Å²) < 4.78 is 5.11. The minimum atomic E-state index is 0.616. The van der Waals surface area contributed by atoms with Gasteiger partial charge in [0.1, 0.15) is 5.75 Å². The van der Waals surface area contributed by atoms with E-state index in [0.29, 0.717) is 11.3 Å². The Morgan fingerprint density at radius 3 is 2.35 bits per heavy atom. The fraction of sp³-hybridized carbons (Fsp3) is 0.267. The van der Waals surface area contributed by atoms with Gasteiger partial charge in [0, 0.05) is 0 Å². The molecule has 0 saturated carbocycles. The number of ether oxygens (including phenoxy) is 1. The van der Waals surface area contributed by atoms with E-state index in [1.54, 1.807) is 7.11 Å². The maximum absolute atomic E-state index is 10.9. The van der Waals surface area contributed by atoms with Crippen LogP contribution < -0.4 is 4.74 Å². The van der Waals surface area contributed by atoms with Crippen LogP contribution in [0, 0.1) is 0 Å². The summed E-state index contributed by atoms with van der Waals surface area (Å²) in [7, 11) is 1.57. The van der Waals surface area contributed by atoms with E-state index in [2.05, 4.69) is 13.8 Å². The zero-order valence-corrected chi connectivity index (χ0v) is 10.6. The molecule has 0 fully saturated rings. The number of carbonyl (C=O) groups is 1. The van der Waals surface area contributed by atoms with Gasteiger partial charge in [-0.1, -0.05) is 50.6 Å². The minimum absolute atomic E-state index is 0.616. The van der Waals surface area contributed by atoms with Crippen LogP contribution in [0.2, 0.25) is 0 Å². The maximum Gasteiger partial charge on any atom is 0.154 e. The Bertz CT molecular complexity index is 489. The second-order valence-corrected chi connectivity index (χ2v) is 3.73. The summed E-state index contributed by atoms with van der Waals surface area (Å²) in [5.74, 6) is 0.624. The van der Waals surface area contributed by atoms with Crippen molar-refractivity contribution in [2.45, 2.75) is 20.3 Å². The third-order valence-electron chi connectivity index (χ3n) is 2.27. The molecule has 0 aliphatic heterocycles. The number of benzene rings is 2. The fourth-order valence-electron chi connectivity index (χ4n) is 1.58. The Morgan fingerprint density at radius 2 is 1.76 bits per heavy atom. The molecule has 2 rings (SSSR count). The van der Waals surface area contributed by atoms with Crippen molar-refractivity contribution in [2.24, 2.45) is 0 Å². The van der Waals surface area contributed by atoms with E-state index in [0.717, 1.165) is 17.1 Å². The van der Waals surface area contributed by atoms with Crippen molar-refractivity contribution in [3.05, 3.63) is 42.0 Å². The van der Waals surface area contributed by atoms with Gasteiger partial charge < -0.3 is 4.74 Å². The zero-order chi connectivity index (χ0) is 12.7. The number of methoxy groups -OCH3 is 1. The lowest BCUT2D eigenvalue weighted by atomic mass is 10.0. The molecule has 90 valence electrons. The van der Waals surface area contributed by atoms with Crippen molar-refractivity contribution >= 4 is 17.1 Å². The molecule has 0 heterocycles. The van der Waals surface area contributed by atoms with Gasteiger partial charge in [-0.2, -0.15) is 0 Å². The Balaban J connectivity index is 0.000000437. The molecule has 0 spiro atoms. The molecule has 0 N–H and O–H groups in total. The highest BCUT2D eigenvalue weighted by Crippen LogP contribution is 2.25. The molecule has 2 aromatic carbocycles. The molecule has 0 aliphatic rings. The molecule has 0 radical (unpaired) electrons. The van der Waals surface area contributed by atoms with Crippen molar-refractivity contribution < 1.29 is 9.53 Å². The molecule has 17 heavy (non-hydrogen) atoms. The van der Waals surface area contributed by atoms with Gasteiger partial charge in [-0.05, 0) is 16.8 Å². The van der Waals surface area contributed by atoms with Crippen molar-refractivity contribution in [2.75, 3.05) is 7.11 Å². The molecule has 2 heteroatoms. The van der Waals surface area contributed by atoms with Crippen LogP contribution in [0.25, 0.3) is 10.8 Å². The topological polar surface area (TPSA) is 26.3 Å². The van der Waals surface area contributed by atoms with Crippen LogP contribution in [0.5, 0.6) is 5.75 Å². The number of fused-ring (bicyclic) bond motifs is 1. The molecule has 2 nitrogen and oxygen atoms in total. The smallest absolute Gasteiger partial charge is 0.154 e. The Kier molecular flexibility index (Phi) is 5.21. The number of carbonyl (C=O) groups excluding carboxylic acids is 1. The van der Waals surface area contributed by atoms with Crippen molar-refractivity contribution in [3.63, 3.8) is 0 Å². The van der Waals surface area contributed by atoms with Gasteiger partial charge in [-0.25, -0.2) is 0 Å². The predicted molar refractivity (Wildman–Crippen MR) is 71.9 cm³/mol. The van der Waals surface area contributed by atoms with Gasteiger partial charge in [0.15, 0.2) is 6.29 Å². The van der Waals surface area contributed by atoms with Gasteiger partial charge in [0.2, 0.25) is 0 Å². The summed E-state index contributed by atoms with van der Waals surface area (Å²) in [4.78, 5) is 10.9. The normalized spacial score (nSPS) is 9.35. The first-order chi connectivity index (χ1) is 8.28. The first kappa shape index (κ1) is 13.2. The van der Waals surface area contributed by atoms with Crippen LogP contribution in [0.3, 0.4) is 0 Å². The van der Waals surface area contributed by atoms with E-state index in [4.69, 9.17) is 4.74 Å². The molecular weight excluding hydrogens is 212 g/mol. The fourth-order valence-corrected chi connectivity index (χ4v) is 1.58. The second-order valence-electron chi connectivity index (χ2n) is 3.73. The van der Waals surface area contributed by atoms with Gasteiger partial charge in [-0.3, -0.25) is 4.79 Å². The van der Waals surface area contributed by atoms with Crippen LogP contribution in [-0.4, -0.2) is 13.4 Å². The third kappa shape index (κ3) is 3.06. The molecule has 0 saturated heterocycles. The first-order valence-electron chi connectivity index (χ1n) is 5.79. The number of hydrogen-bond acceptors (Lipinski definition) is 2. The molecule has 2 aromatic rings. The number of aldehydes is 1. The Labute approximate surface area is 102 Å². The van der Waals surface area contributed by atoms with Gasteiger partial charge in [0.05, 0.1) is 12.7 Å². The highest BCUT2D eigenvalue weighted by Gasteiger charge is 2.05. The van der Waals surface area contributed by atoms with Crippen LogP contribution in [0.4, 0.5) is 0 Å². The summed E-state index contributed by atoms with van der Waals surface area (Å²) in [6.07, 6.45) is 2.08. The van der Waals surface area contributed by atoms with Crippen LogP contribution in [0.15, 0.2) is 36.4 Å². The van der Waals surface area contributed by atoms with E-state index in [1.807, 2.05) is 36.4 Å². The number of hydrogen-bond donors (Lipinski definition) is 0. The largest absolute Gasteiger partial charge is 0.496 e. The minimum Gasteiger partial charge on any atom is -0.496 e. The van der Waals surface area contributed by atoms with Crippen molar-refractivity contribution in [3.8, 4) is 5.75 Å². The van der Waals surface area contributed by atoms with Crippen LogP contribution in [-0.2, 0) is 0 Å². The molecule has 0 amide bonds. The average Bonchev–Trinajstić information content (AvgIpc) is 2.38. The van der Waals surface area contributed by atoms with E-state index < -0.39 is 0 Å². The average molecular weight is 230 g/mol. The van der Waals surface area contributed by atoms with E-state index in [-0.39, 0.29) is 0 Å². The quantitative estimate of drug-likeness (QED) is 0.727. The molecule has 0 aromatic heterocycles. The zero-order valence-electron chi connectivity index (χ0n) is 10.6. The van der Waals surface area contributed by atoms with Gasteiger partial charge in [0.25, 0.3) is 0 Å². The molecule has 0 aliphatic carbocycles.